The molecule has 0 saturated carbocycles. The van der Waals surface area contributed by atoms with Crippen LogP contribution >= 0.6 is 0 Å². The van der Waals surface area contributed by atoms with Crippen molar-refractivity contribution in [2.45, 2.75) is 90.5 Å². The Morgan fingerprint density at radius 3 is 1.67 bits per heavy atom. The molecule has 0 aromatic heterocycles. The van der Waals surface area contributed by atoms with Crippen LogP contribution < -0.4 is 11.1 Å². The molecule has 0 aliphatic rings. The summed E-state index contributed by atoms with van der Waals surface area (Å²) in [5.74, 6) is 0. The Morgan fingerprint density at radius 1 is 0.778 bits per heavy atom. The van der Waals surface area contributed by atoms with Crippen LogP contribution in [0.15, 0.2) is 0 Å². The van der Waals surface area contributed by atoms with Crippen molar-refractivity contribution in [3.05, 3.63) is 0 Å². The number of hydrogen-bond donors (Lipinski definition) is 2. The third-order valence-electron chi connectivity index (χ3n) is 3.87. The summed E-state index contributed by atoms with van der Waals surface area (Å²) >= 11 is 0. The molecule has 0 radical (unpaired) electrons. The molecular weight excluding hydrogens is 220 g/mol. The Kier molecular flexibility index (Phi) is 11.9. The molecule has 18 heavy (non-hydrogen) atoms. The first-order valence-electron chi connectivity index (χ1n) is 8.07. The van der Waals surface area contributed by atoms with Crippen molar-refractivity contribution in [3.63, 3.8) is 0 Å². The van der Waals surface area contributed by atoms with Crippen molar-refractivity contribution < 1.29 is 0 Å². The molecule has 0 atom stereocenters. The number of nitrogens with two attached hydrogens (primary N) is 1. The molecule has 0 aromatic carbocycles. The van der Waals surface area contributed by atoms with E-state index in [2.05, 4.69) is 26.1 Å². The molecule has 0 bridgehead atoms. The maximum Gasteiger partial charge on any atom is 0.0122 e. The van der Waals surface area contributed by atoms with Crippen molar-refractivity contribution >= 4 is 0 Å². The van der Waals surface area contributed by atoms with Gasteiger partial charge in [0.15, 0.2) is 0 Å². The second-order valence-electron chi connectivity index (χ2n) is 6.13. The molecule has 0 heterocycles. The van der Waals surface area contributed by atoms with Gasteiger partial charge in [0.05, 0.1) is 0 Å². The summed E-state index contributed by atoms with van der Waals surface area (Å²) in [6.45, 7) is 8.86. The molecule has 110 valence electrons. The predicted molar refractivity (Wildman–Crippen MR) is 83.0 cm³/mol. The molecule has 0 unspecified atom stereocenters. The highest BCUT2D eigenvalue weighted by Gasteiger charge is 2.12. The van der Waals surface area contributed by atoms with Crippen LogP contribution in [0.1, 0.15) is 85.0 Å². The molecule has 0 aliphatic carbocycles. The number of unbranched alkanes of at least 4 members (excludes halogenated alkanes) is 8. The largest absolute Gasteiger partial charge is 0.330 e. The van der Waals surface area contributed by atoms with Gasteiger partial charge in [-0.1, -0.05) is 51.9 Å². The van der Waals surface area contributed by atoms with E-state index in [-0.39, 0.29) is 0 Å². The minimum absolute atomic E-state index is 0.322. The van der Waals surface area contributed by atoms with Gasteiger partial charge >= 0.3 is 0 Å². The Bertz CT molecular complexity index is 166. The Balaban J connectivity index is 3.08. The topological polar surface area (TPSA) is 38.0 Å². The zero-order valence-corrected chi connectivity index (χ0v) is 13.1. The third kappa shape index (κ3) is 12.4. The van der Waals surface area contributed by atoms with E-state index in [0.717, 1.165) is 6.54 Å². The summed E-state index contributed by atoms with van der Waals surface area (Å²) in [5, 5.41) is 3.62. The van der Waals surface area contributed by atoms with E-state index in [1.54, 1.807) is 0 Å². The molecule has 2 nitrogen and oxygen atoms in total. The monoisotopic (exact) mass is 256 g/mol. The van der Waals surface area contributed by atoms with E-state index < -0.39 is 0 Å². The van der Waals surface area contributed by atoms with Crippen molar-refractivity contribution in [1.29, 1.82) is 0 Å². The van der Waals surface area contributed by atoms with Gasteiger partial charge in [0.2, 0.25) is 0 Å². The van der Waals surface area contributed by atoms with Gasteiger partial charge in [-0.25, -0.2) is 0 Å². The lowest BCUT2D eigenvalue weighted by Gasteiger charge is -2.24. The minimum Gasteiger partial charge on any atom is -0.330 e. The Hall–Kier alpha value is -0.0800. The lowest BCUT2D eigenvalue weighted by atomic mass is 10.0. The molecule has 0 fully saturated rings. The van der Waals surface area contributed by atoms with E-state index in [9.17, 15) is 0 Å². The maximum absolute atomic E-state index is 5.47. The SMILES string of the molecule is CCC(C)(C)NCCCCCCCCCCCN. The summed E-state index contributed by atoms with van der Waals surface area (Å²) < 4.78 is 0. The van der Waals surface area contributed by atoms with Crippen LogP contribution in [0, 0.1) is 0 Å². The maximum atomic E-state index is 5.47. The van der Waals surface area contributed by atoms with E-state index >= 15 is 0 Å². The van der Waals surface area contributed by atoms with Crippen LogP contribution in [0.2, 0.25) is 0 Å². The van der Waals surface area contributed by atoms with Gasteiger partial charge in [0.25, 0.3) is 0 Å². The average Bonchev–Trinajstić information content (AvgIpc) is 2.36. The summed E-state index contributed by atoms with van der Waals surface area (Å²) in [6.07, 6.45) is 13.5. The molecule has 0 rings (SSSR count). The van der Waals surface area contributed by atoms with Crippen LogP contribution in [0.25, 0.3) is 0 Å². The van der Waals surface area contributed by atoms with Gasteiger partial charge in [-0.3, -0.25) is 0 Å². The Labute approximate surface area is 115 Å². The molecule has 0 amide bonds. The Morgan fingerprint density at radius 2 is 1.22 bits per heavy atom. The third-order valence-corrected chi connectivity index (χ3v) is 3.87. The van der Waals surface area contributed by atoms with E-state index in [1.807, 2.05) is 0 Å². The fourth-order valence-electron chi connectivity index (χ4n) is 2.06. The average molecular weight is 256 g/mol. The number of rotatable bonds is 13. The smallest absolute Gasteiger partial charge is 0.0122 e. The van der Waals surface area contributed by atoms with Crippen molar-refractivity contribution in [1.82, 2.24) is 5.32 Å². The van der Waals surface area contributed by atoms with E-state index in [1.165, 1.54) is 70.8 Å². The van der Waals surface area contributed by atoms with Crippen molar-refractivity contribution in [2.75, 3.05) is 13.1 Å². The minimum atomic E-state index is 0.322. The highest BCUT2D eigenvalue weighted by atomic mass is 14.9. The van der Waals surface area contributed by atoms with Gasteiger partial charge in [0.1, 0.15) is 0 Å². The second kappa shape index (κ2) is 12.0. The van der Waals surface area contributed by atoms with E-state index in [4.69, 9.17) is 5.73 Å². The lowest BCUT2D eigenvalue weighted by Crippen LogP contribution is -2.38. The van der Waals surface area contributed by atoms with Crippen molar-refractivity contribution in [3.8, 4) is 0 Å². The quantitative estimate of drug-likeness (QED) is 0.484. The predicted octanol–water partition coefficient (Wildman–Crippen LogP) is 4.23. The first-order valence-corrected chi connectivity index (χ1v) is 8.07. The molecule has 2 heteroatoms. The standard InChI is InChI=1S/C16H36N2/c1-4-16(2,3)18-15-13-11-9-7-5-6-8-10-12-14-17/h18H,4-15,17H2,1-3H3. The summed E-state index contributed by atoms with van der Waals surface area (Å²) in [4.78, 5) is 0. The van der Waals surface area contributed by atoms with Crippen LogP contribution in [0.3, 0.4) is 0 Å². The van der Waals surface area contributed by atoms with Gasteiger partial charge in [-0.2, -0.15) is 0 Å². The molecule has 0 aliphatic heterocycles. The first-order chi connectivity index (χ1) is 8.62. The van der Waals surface area contributed by atoms with Crippen LogP contribution in [-0.2, 0) is 0 Å². The zero-order chi connectivity index (χ0) is 13.7. The summed E-state index contributed by atoms with van der Waals surface area (Å²) in [5.41, 5.74) is 5.79. The van der Waals surface area contributed by atoms with Gasteiger partial charge in [-0.15, -0.1) is 0 Å². The number of nitrogens with one attached hydrogen (secondary N) is 1. The highest BCUT2D eigenvalue weighted by molar-refractivity contribution is 4.74. The fraction of sp³-hybridized carbons (Fsp3) is 1.00. The lowest BCUT2D eigenvalue weighted by molar-refractivity contribution is 0.370. The molecule has 3 N–H and O–H groups in total. The highest BCUT2D eigenvalue weighted by Crippen LogP contribution is 2.10. The van der Waals surface area contributed by atoms with Crippen LogP contribution in [-0.4, -0.2) is 18.6 Å². The van der Waals surface area contributed by atoms with Gasteiger partial charge < -0.3 is 11.1 Å². The number of hydrogen-bond acceptors (Lipinski definition) is 2. The zero-order valence-electron chi connectivity index (χ0n) is 13.1. The van der Waals surface area contributed by atoms with Crippen LogP contribution in [0.4, 0.5) is 0 Å². The van der Waals surface area contributed by atoms with Crippen LogP contribution in [0.5, 0.6) is 0 Å². The van der Waals surface area contributed by atoms with E-state index in [0.29, 0.717) is 5.54 Å². The van der Waals surface area contributed by atoms with Gasteiger partial charge in [-0.05, 0) is 46.2 Å². The molecular formula is C16H36N2. The molecule has 0 spiro atoms. The fourth-order valence-corrected chi connectivity index (χ4v) is 2.06. The summed E-state index contributed by atoms with van der Waals surface area (Å²) in [7, 11) is 0. The first kappa shape index (κ1) is 17.9. The summed E-state index contributed by atoms with van der Waals surface area (Å²) in [6, 6.07) is 0. The van der Waals surface area contributed by atoms with Crippen molar-refractivity contribution in [2.24, 2.45) is 5.73 Å². The molecule has 0 aromatic rings. The second-order valence-corrected chi connectivity index (χ2v) is 6.13. The molecule has 0 saturated heterocycles. The normalized spacial score (nSPS) is 12.0. The van der Waals surface area contributed by atoms with Gasteiger partial charge in [0, 0.05) is 5.54 Å².